The summed E-state index contributed by atoms with van der Waals surface area (Å²) in [5, 5.41) is 4.31. The highest BCUT2D eigenvalue weighted by Gasteiger charge is 2.16. The Morgan fingerprint density at radius 3 is 2.71 bits per heavy atom. The molecule has 0 fully saturated rings. The summed E-state index contributed by atoms with van der Waals surface area (Å²) < 4.78 is 15.3. The monoisotopic (exact) mass is 308 g/mol. The van der Waals surface area contributed by atoms with Crippen molar-refractivity contribution in [1.82, 2.24) is 9.78 Å². The predicted molar refractivity (Wildman–Crippen MR) is 81.3 cm³/mol. The van der Waals surface area contributed by atoms with Crippen LogP contribution in [0, 0.1) is 5.82 Å². The molecule has 0 saturated carbocycles. The second-order valence-electron chi connectivity index (χ2n) is 4.96. The standard InChI is InChI=1S/C16H18ClFN2O/c1-3-12(4-2)20-9-8-11(19-20)10-15(21)13-6-5-7-14(18)16(13)17/h5-9,12H,3-4,10H2,1-2H3. The molecule has 0 radical (unpaired) electrons. The van der Waals surface area contributed by atoms with Crippen molar-refractivity contribution in [2.24, 2.45) is 0 Å². The summed E-state index contributed by atoms with van der Waals surface area (Å²) in [7, 11) is 0. The van der Waals surface area contributed by atoms with Crippen LogP contribution in [-0.4, -0.2) is 15.6 Å². The minimum absolute atomic E-state index is 0.121. The van der Waals surface area contributed by atoms with E-state index in [1.807, 2.05) is 16.9 Å². The Balaban J connectivity index is 2.15. The number of carbonyl (C=O) groups is 1. The summed E-state index contributed by atoms with van der Waals surface area (Å²) in [4.78, 5) is 12.2. The Morgan fingerprint density at radius 1 is 1.33 bits per heavy atom. The van der Waals surface area contributed by atoms with Gasteiger partial charge in [-0.25, -0.2) is 4.39 Å². The first-order chi connectivity index (χ1) is 10.1. The Morgan fingerprint density at radius 2 is 2.05 bits per heavy atom. The number of hydrogen-bond donors (Lipinski definition) is 0. The first-order valence-corrected chi connectivity index (χ1v) is 7.45. The molecule has 0 saturated heterocycles. The second-order valence-corrected chi connectivity index (χ2v) is 5.34. The lowest BCUT2D eigenvalue weighted by Gasteiger charge is -2.12. The van der Waals surface area contributed by atoms with E-state index in [-0.39, 0.29) is 22.8 Å². The molecule has 5 heteroatoms. The van der Waals surface area contributed by atoms with Crippen molar-refractivity contribution < 1.29 is 9.18 Å². The smallest absolute Gasteiger partial charge is 0.170 e. The number of aromatic nitrogens is 2. The van der Waals surface area contributed by atoms with E-state index < -0.39 is 5.82 Å². The Labute approximate surface area is 128 Å². The van der Waals surface area contributed by atoms with E-state index in [9.17, 15) is 9.18 Å². The van der Waals surface area contributed by atoms with Crippen LogP contribution in [0.25, 0.3) is 0 Å². The molecule has 0 aliphatic rings. The van der Waals surface area contributed by atoms with Crippen LogP contribution in [0.3, 0.4) is 0 Å². The zero-order valence-electron chi connectivity index (χ0n) is 12.1. The van der Waals surface area contributed by atoms with Crippen molar-refractivity contribution in [2.75, 3.05) is 0 Å². The summed E-state index contributed by atoms with van der Waals surface area (Å²) in [6, 6.07) is 6.42. The van der Waals surface area contributed by atoms with E-state index in [0.29, 0.717) is 11.7 Å². The summed E-state index contributed by atoms with van der Waals surface area (Å²) in [5.74, 6) is -0.806. The van der Waals surface area contributed by atoms with Gasteiger partial charge in [0.1, 0.15) is 5.82 Å². The quantitative estimate of drug-likeness (QED) is 0.738. The zero-order valence-corrected chi connectivity index (χ0v) is 12.9. The van der Waals surface area contributed by atoms with Gasteiger partial charge in [-0.05, 0) is 31.0 Å². The molecule has 0 atom stereocenters. The zero-order chi connectivity index (χ0) is 15.4. The third-order valence-corrected chi connectivity index (χ3v) is 3.96. The highest BCUT2D eigenvalue weighted by atomic mass is 35.5. The van der Waals surface area contributed by atoms with Crippen molar-refractivity contribution >= 4 is 17.4 Å². The summed E-state index contributed by atoms with van der Waals surface area (Å²) in [5.41, 5.74) is 0.876. The van der Waals surface area contributed by atoms with E-state index in [2.05, 4.69) is 18.9 Å². The fourth-order valence-electron chi connectivity index (χ4n) is 2.32. The van der Waals surface area contributed by atoms with Crippen LogP contribution in [0.4, 0.5) is 4.39 Å². The van der Waals surface area contributed by atoms with Gasteiger partial charge in [0.15, 0.2) is 5.78 Å². The van der Waals surface area contributed by atoms with Gasteiger partial charge in [0.25, 0.3) is 0 Å². The van der Waals surface area contributed by atoms with Gasteiger partial charge in [0, 0.05) is 11.8 Å². The maximum absolute atomic E-state index is 13.4. The van der Waals surface area contributed by atoms with Crippen molar-refractivity contribution in [3.8, 4) is 0 Å². The number of ketones is 1. The average molecular weight is 309 g/mol. The predicted octanol–water partition coefficient (Wildman–Crippen LogP) is 4.46. The van der Waals surface area contributed by atoms with Gasteiger partial charge in [-0.1, -0.05) is 31.5 Å². The van der Waals surface area contributed by atoms with E-state index in [1.54, 1.807) is 0 Å². The van der Waals surface area contributed by atoms with Gasteiger partial charge >= 0.3 is 0 Å². The topological polar surface area (TPSA) is 34.9 Å². The van der Waals surface area contributed by atoms with Crippen molar-refractivity contribution in [1.29, 1.82) is 0 Å². The molecule has 0 aliphatic heterocycles. The SMILES string of the molecule is CCC(CC)n1ccc(CC(=O)c2cccc(F)c2Cl)n1. The molecule has 0 amide bonds. The summed E-state index contributed by atoms with van der Waals surface area (Å²) in [6.07, 6.45) is 3.98. The molecular formula is C16H18ClFN2O. The van der Waals surface area contributed by atoms with E-state index in [0.717, 1.165) is 12.8 Å². The van der Waals surface area contributed by atoms with Crippen molar-refractivity contribution in [3.63, 3.8) is 0 Å². The molecular weight excluding hydrogens is 291 g/mol. The van der Waals surface area contributed by atoms with Gasteiger partial charge in [-0.3, -0.25) is 9.48 Å². The normalized spacial score (nSPS) is 11.1. The number of benzene rings is 1. The molecule has 0 aliphatic carbocycles. The van der Waals surface area contributed by atoms with Crippen LogP contribution >= 0.6 is 11.6 Å². The molecule has 0 N–H and O–H groups in total. The van der Waals surface area contributed by atoms with Crippen molar-refractivity contribution in [3.05, 3.63) is 52.6 Å². The van der Waals surface area contributed by atoms with Crippen molar-refractivity contribution in [2.45, 2.75) is 39.2 Å². The molecule has 1 heterocycles. The number of hydrogen-bond acceptors (Lipinski definition) is 2. The first kappa shape index (κ1) is 15.7. The molecule has 0 bridgehead atoms. The van der Waals surface area contributed by atoms with Crippen LogP contribution in [-0.2, 0) is 6.42 Å². The van der Waals surface area contributed by atoms with Gasteiger partial charge in [-0.15, -0.1) is 0 Å². The Hall–Kier alpha value is -1.68. The van der Waals surface area contributed by atoms with Gasteiger partial charge < -0.3 is 0 Å². The summed E-state index contributed by atoms with van der Waals surface area (Å²) in [6.45, 7) is 4.21. The largest absolute Gasteiger partial charge is 0.294 e. The van der Waals surface area contributed by atoms with E-state index >= 15 is 0 Å². The highest BCUT2D eigenvalue weighted by Crippen LogP contribution is 2.21. The Bertz CT molecular complexity index is 635. The number of Topliss-reactive ketones (excluding diaryl/α,β-unsaturated/α-hetero) is 1. The maximum Gasteiger partial charge on any atom is 0.170 e. The molecule has 2 rings (SSSR count). The summed E-state index contributed by atoms with van der Waals surface area (Å²) >= 11 is 5.83. The lowest BCUT2D eigenvalue weighted by Crippen LogP contribution is -2.10. The van der Waals surface area contributed by atoms with Crippen LogP contribution in [0.1, 0.15) is 48.8 Å². The molecule has 2 aromatic rings. The van der Waals surface area contributed by atoms with Crippen LogP contribution in [0.15, 0.2) is 30.5 Å². The minimum atomic E-state index is -0.579. The Kier molecular flexibility index (Phi) is 5.12. The lowest BCUT2D eigenvalue weighted by molar-refractivity contribution is 0.0991. The first-order valence-electron chi connectivity index (χ1n) is 7.08. The van der Waals surface area contributed by atoms with Crippen LogP contribution < -0.4 is 0 Å². The lowest BCUT2D eigenvalue weighted by atomic mass is 10.1. The number of halogens is 2. The molecule has 0 spiro atoms. The molecule has 1 aromatic carbocycles. The number of rotatable bonds is 6. The second kappa shape index (κ2) is 6.85. The number of carbonyl (C=O) groups excluding carboxylic acids is 1. The molecule has 3 nitrogen and oxygen atoms in total. The maximum atomic E-state index is 13.4. The van der Waals surface area contributed by atoms with Gasteiger partial charge in [-0.2, -0.15) is 5.10 Å². The molecule has 112 valence electrons. The van der Waals surface area contributed by atoms with Crippen LogP contribution in [0.5, 0.6) is 0 Å². The fourth-order valence-corrected chi connectivity index (χ4v) is 2.55. The molecule has 1 aromatic heterocycles. The highest BCUT2D eigenvalue weighted by molar-refractivity contribution is 6.34. The van der Waals surface area contributed by atoms with E-state index in [4.69, 9.17) is 11.6 Å². The molecule has 0 unspecified atom stereocenters. The fraction of sp³-hybridized carbons (Fsp3) is 0.375. The third-order valence-electron chi connectivity index (χ3n) is 3.57. The number of nitrogens with zero attached hydrogens (tertiary/aromatic N) is 2. The minimum Gasteiger partial charge on any atom is -0.294 e. The van der Waals surface area contributed by atoms with Gasteiger partial charge in [0.2, 0.25) is 0 Å². The molecule has 21 heavy (non-hydrogen) atoms. The van der Waals surface area contributed by atoms with E-state index in [1.165, 1.54) is 18.2 Å². The third kappa shape index (κ3) is 3.50. The average Bonchev–Trinajstić information content (AvgIpc) is 2.91. The van der Waals surface area contributed by atoms with Gasteiger partial charge in [0.05, 0.1) is 23.2 Å². The van der Waals surface area contributed by atoms with Crippen LogP contribution in [0.2, 0.25) is 5.02 Å².